The van der Waals surface area contributed by atoms with Gasteiger partial charge in [0.05, 0.1) is 0 Å². The van der Waals surface area contributed by atoms with Crippen LogP contribution in [0.15, 0.2) is 12.4 Å². The number of likely N-dealkylation sites (N-methyl/N-ethyl adjacent to an activating group) is 1. The van der Waals surface area contributed by atoms with Gasteiger partial charge in [-0.3, -0.25) is 0 Å². The normalized spacial score (nSPS) is 20.4. The minimum Gasteiger partial charge on any atom is -0.353 e. The molecule has 1 fully saturated rings. The van der Waals surface area contributed by atoms with Gasteiger partial charge in [-0.1, -0.05) is 0 Å². The topological polar surface area (TPSA) is 56.1 Å². The third kappa shape index (κ3) is 2.53. The van der Waals surface area contributed by atoms with E-state index in [0.29, 0.717) is 11.7 Å². The van der Waals surface area contributed by atoms with Crippen LogP contribution in [-0.2, 0) is 0 Å². The highest BCUT2D eigenvalue weighted by atomic mass is 15.2. The molecule has 0 amide bonds. The lowest BCUT2D eigenvalue weighted by molar-refractivity contribution is 0.257. The molecule has 5 heteroatoms. The summed E-state index contributed by atoms with van der Waals surface area (Å²) in [7, 11) is 4.19. The van der Waals surface area contributed by atoms with Crippen LogP contribution in [0.25, 0.3) is 0 Å². The molecular formula is C12H17N5. The Morgan fingerprint density at radius 1 is 1.41 bits per heavy atom. The second-order valence-corrected chi connectivity index (χ2v) is 4.55. The van der Waals surface area contributed by atoms with Crippen molar-refractivity contribution in [1.82, 2.24) is 14.9 Å². The number of hydrogen-bond acceptors (Lipinski definition) is 5. The molecule has 0 aliphatic carbocycles. The predicted molar refractivity (Wildman–Crippen MR) is 65.7 cm³/mol. The molecule has 2 rings (SSSR count). The standard InChI is InChI=1S/C12H17N5/c1-16(2)10-4-3-7-17(9-10)12-11(8-13)14-5-6-15-12/h5-6,10H,3-4,7,9H2,1-2H3. The number of piperidine rings is 1. The van der Waals surface area contributed by atoms with Crippen molar-refractivity contribution < 1.29 is 0 Å². The first kappa shape index (κ1) is 11.8. The van der Waals surface area contributed by atoms with Crippen LogP contribution in [0.1, 0.15) is 18.5 Å². The average molecular weight is 231 g/mol. The van der Waals surface area contributed by atoms with Crippen molar-refractivity contribution in [3.8, 4) is 6.07 Å². The van der Waals surface area contributed by atoms with E-state index in [2.05, 4.69) is 39.9 Å². The van der Waals surface area contributed by atoms with Gasteiger partial charge in [-0.15, -0.1) is 0 Å². The molecule has 17 heavy (non-hydrogen) atoms. The number of anilines is 1. The zero-order valence-electron chi connectivity index (χ0n) is 10.3. The molecular weight excluding hydrogens is 214 g/mol. The molecule has 1 aromatic rings. The maximum atomic E-state index is 9.03. The summed E-state index contributed by atoms with van der Waals surface area (Å²) < 4.78 is 0. The lowest BCUT2D eigenvalue weighted by Gasteiger charge is -2.36. The highest BCUT2D eigenvalue weighted by Gasteiger charge is 2.24. The Hall–Kier alpha value is -1.67. The quantitative estimate of drug-likeness (QED) is 0.756. The fraction of sp³-hybridized carbons (Fsp3) is 0.583. The Labute approximate surface area is 102 Å². The first-order valence-electron chi connectivity index (χ1n) is 5.85. The van der Waals surface area contributed by atoms with Gasteiger partial charge in [-0.05, 0) is 26.9 Å². The van der Waals surface area contributed by atoms with Crippen LogP contribution in [0.2, 0.25) is 0 Å². The van der Waals surface area contributed by atoms with Crippen molar-refractivity contribution in [2.75, 3.05) is 32.1 Å². The van der Waals surface area contributed by atoms with Gasteiger partial charge in [-0.25, -0.2) is 9.97 Å². The molecule has 0 spiro atoms. The second kappa shape index (κ2) is 5.11. The van der Waals surface area contributed by atoms with Gasteiger partial charge in [0, 0.05) is 31.5 Å². The van der Waals surface area contributed by atoms with Crippen molar-refractivity contribution in [1.29, 1.82) is 5.26 Å². The summed E-state index contributed by atoms with van der Waals surface area (Å²) in [6.07, 6.45) is 5.54. The fourth-order valence-electron chi connectivity index (χ4n) is 2.21. The molecule has 2 heterocycles. The van der Waals surface area contributed by atoms with E-state index in [1.807, 2.05) is 0 Å². The Morgan fingerprint density at radius 2 is 2.18 bits per heavy atom. The fourth-order valence-corrected chi connectivity index (χ4v) is 2.21. The van der Waals surface area contributed by atoms with Crippen molar-refractivity contribution in [2.45, 2.75) is 18.9 Å². The molecule has 90 valence electrons. The summed E-state index contributed by atoms with van der Waals surface area (Å²) >= 11 is 0. The van der Waals surface area contributed by atoms with Gasteiger partial charge in [0.25, 0.3) is 0 Å². The van der Waals surface area contributed by atoms with Crippen LogP contribution in [0.3, 0.4) is 0 Å². The molecule has 1 aliphatic rings. The predicted octanol–water partition coefficient (Wildman–Crippen LogP) is 0.879. The molecule has 0 N–H and O–H groups in total. The molecule has 1 aromatic heterocycles. The minimum absolute atomic E-state index is 0.423. The summed E-state index contributed by atoms with van der Waals surface area (Å²) in [4.78, 5) is 12.7. The monoisotopic (exact) mass is 231 g/mol. The van der Waals surface area contributed by atoms with E-state index in [1.54, 1.807) is 12.4 Å². The molecule has 5 nitrogen and oxygen atoms in total. The van der Waals surface area contributed by atoms with Crippen molar-refractivity contribution in [2.24, 2.45) is 0 Å². The smallest absolute Gasteiger partial charge is 0.183 e. The average Bonchev–Trinajstić information content (AvgIpc) is 2.39. The van der Waals surface area contributed by atoms with Gasteiger partial charge < -0.3 is 9.80 Å². The third-order valence-corrected chi connectivity index (χ3v) is 3.21. The molecule has 0 bridgehead atoms. The molecule has 1 unspecified atom stereocenters. The molecule has 0 radical (unpaired) electrons. The second-order valence-electron chi connectivity index (χ2n) is 4.55. The molecule has 1 saturated heterocycles. The Bertz CT molecular complexity index is 423. The van der Waals surface area contributed by atoms with Crippen LogP contribution in [0.4, 0.5) is 5.82 Å². The lowest BCUT2D eigenvalue weighted by atomic mass is 10.0. The van der Waals surface area contributed by atoms with Gasteiger partial charge in [-0.2, -0.15) is 5.26 Å². The highest BCUT2D eigenvalue weighted by molar-refractivity contribution is 5.49. The summed E-state index contributed by atoms with van der Waals surface area (Å²) in [5, 5.41) is 9.03. The maximum Gasteiger partial charge on any atom is 0.183 e. The number of nitriles is 1. The van der Waals surface area contributed by atoms with Gasteiger partial charge >= 0.3 is 0 Å². The number of nitrogens with zero attached hydrogens (tertiary/aromatic N) is 5. The number of hydrogen-bond donors (Lipinski definition) is 0. The molecule has 0 saturated carbocycles. The van der Waals surface area contributed by atoms with Gasteiger partial charge in [0.15, 0.2) is 11.5 Å². The number of aromatic nitrogens is 2. The van der Waals surface area contributed by atoms with Crippen LogP contribution < -0.4 is 4.90 Å². The minimum atomic E-state index is 0.423. The van der Waals surface area contributed by atoms with Gasteiger partial charge in [0.2, 0.25) is 0 Å². The van der Waals surface area contributed by atoms with Crippen molar-refractivity contribution >= 4 is 5.82 Å². The lowest BCUT2D eigenvalue weighted by Crippen LogP contribution is -2.45. The number of rotatable bonds is 2. The third-order valence-electron chi connectivity index (χ3n) is 3.21. The molecule has 0 aromatic carbocycles. The van der Waals surface area contributed by atoms with Crippen molar-refractivity contribution in [3.05, 3.63) is 18.1 Å². The van der Waals surface area contributed by atoms with E-state index in [9.17, 15) is 0 Å². The summed E-state index contributed by atoms with van der Waals surface area (Å²) in [6.45, 7) is 1.87. The largest absolute Gasteiger partial charge is 0.353 e. The van der Waals surface area contributed by atoms with Crippen LogP contribution >= 0.6 is 0 Å². The van der Waals surface area contributed by atoms with Gasteiger partial charge in [0.1, 0.15) is 6.07 Å². The zero-order chi connectivity index (χ0) is 12.3. The van der Waals surface area contributed by atoms with Crippen molar-refractivity contribution in [3.63, 3.8) is 0 Å². The van der Waals surface area contributed by atoms with E-state index in [4.69, 9.17) is 5.26 Å². The van der Waals surface area contributed by atoms with Crippen LogP contribution in [0.5, 0.6) is 0 Å². The first-order chi connectivity index (χ1) is 8.22. The SMILES string of the molecule is CN(C)C1CCCN(c2nccnc2C#N)C1. The zero-order valence-corrected chi connectivity index (χ0v) is 10.3. The van der Waals surface area contributed by atoms with Crippen LogP contribution in [0, 0.1) is 11.3 Å². The summed E-state index contributed by atoms with van der Waals surface area (Å²) in [5.41, 5.74) is 0.423. The van der Waals surface area contributed by atoms with E-state index in [1.165, 1.54) is 6.42 Å². The van der Waals surface area contributed by atoms with E-state index in [-0.39, 0.29) is 0 Å². The van der Waals surface area contributed by atoms with E-state index < -0.39 is 0 Å². The maximum absolute atomic E-state index is 9.03. The molecule has 1 aliphatic heterocycles. The summed E-state index contributed by atoms with van der Waals surface area (Å²) in [5.74, 6) is 0.724. The summed E-state index contributed by atoms with van der Waals surface area (Å²) in [6, 6.07) is 2.63. The Balaban J connectivity index is 2.19. The highest BCUT2D eigenvalue weighted by Crippen LogP contribution is 2.21. The molecule has 1 atom stereocenters. The Morgan fingerprint density at radius 3 is 2.88 bits per heavy atom. The van der Waals surface area contributed by atoms with Crippen LogP contribution in [-0.4, -0.2) is 48.1 Å². The first-order valence-corrected chi connectivity index (χ1v) is 5.85. The van der Waals surface area contributed by atoms with E-state index >= 15 is 0 Å². The Kier molecular flexibility index (Phi) is 3.55. The van der Waals surface area contributed by atoms with E-state index in [0.717, 1.165) is 25.3 Å².